The Morgan fingerprint density at radius 1 is 1.34 bits per heavy atom. The van der Waals surface area contributed by atoms with Crippen LogP contribution in [0.1, 0.15) is 34.7 Å². The van der Waals surface area contributed by atoms with Crippen LogP contribution in [0, 0.1) is 0 Å². The topological polar surface area (TPSA) is 74.3 Å². The number of ether oxygens (including phenoxy) is 1. The van der Waals surface area contributed by atoms with Crippen molar-refractivity contribution in [1.82, 2.24) is 10.3 Å². The number of aromatic nitrogens is 1. The summed E-state index contributed by atoms with van der Waals surface area (Å²) in [6, 6.07) is 14.7. The zero-order chi connectivity index (χ0) is 20.2. The molecule has 29 heavy (non-hydrogen) atoms. The fourth-order valence-corrected chi connectivity index (χ4v) is 4.17. The minimum Gasteiger partial charge on any atom is -0.466 e. The molecule has 0 spiro atoms. The van der Waals surface area contributed by atoms with Crippen molar-refractivity contribution in [2.24, 2.45) is 0 Å². The summed E-state index contributed by atoms with van der Waals surface area (Å²) in [7, 11) is 1.37. The summed E-state index contributed by atoms with van der Waals surface area (Å²) < 4.78 is 4.65. The van der Waals surface area contributed by atoms with E-state index in [1.807, 2.05) is 24.4 Å². The van der Waals surface area contributed by atoms with E-state index in [2.05, 4.69) is 39.3 Å². The molecule has 1 aromatic heterocycles. The highest BCUT2D eigenvalue weighted by atomic mass is 16.5. The van der Waals surface area contributed by atoms with Gasteiger partial charge in [-0.05, 0) is 53.7 Å². The number of H-pyrrole nitrogens is 1. The van der Waals surface area contributed by atoms with E-state index in [0.717, 1.165) is 30.3 Å². The molecule has 0 radical (unpaired) electrons. The maximum Gasteiger partial charge on any atom is 0.330 e. The number of fused-ring (bicyclic) bond motifs is 2. The number of para-hydroxylation sites is 1. The zero-order valence-corrected chi connectivity index (χ0v) is 16.5. The molecule has 2 aromatic carbocycles. The Morgan fingerprint density at radius 2 is 2.21 bits per heavy atom. The second-order valence-electron chi connectivity index (χ2n) is 7.52. The Hall–Kier alpha value is -2.89. The summed E-state index contributed by atoms with van der Waals surface area (Å²) in [5, 5.41) is 14.8. The number of hydrogen-bond acceptors (Lipinski definition) is 4. The smallest absolute Gasteiger partial charge is 0.330 e. The zero-order valence-electron chi connectivity index (χ0n) is 16.5. The molecule has 150 valence electrons. The van der Waals surface area contributed by atoms with Crippen molar-refractivity contribution < 1.29 is 14.6 Å². The number of nitrogens with one attached hydrogen (secondary N) is 2. The van der Waals surface area contributed by atoms with E-state index in [1.165, 1.54) is 35.3 Å². The third-order valence-corrected chi connectivity index (χ3v) is 5.66. The summed E-state index contributed by atoms with van der Waals surface area (Å²) in [5.74, 6) is -0.354. The van der Waals surface area contributed by atoms with Crippen molar-refractivity contribution in [3.8, 4) is 0 Å². The van der Waals surface area contributed by atoms with Gasteiger partial charge in [-0.15, -0.1) is 0 Å². The highest BCUT2D eigenvalue weighted by Gasteiger charge is 2.25. The molecule has 0 saturated carbocycles. The van der Waals surface area contributed by atoms with Crippen LogP contribution >= 0.6 is 0 Å². The van der Waals surface area contributed by atoms with Gasteiger partial charge in [-0.3, -0.25) is 0 Å². The quantitative estimate of drug-likeness (QED) is 0.426. The average molecular weight is 390 g/mol. The lowest BCUT2D eigenvalue weighted by Gasteiger charge is -2.22. The Bertz CT molecular complexity index is 1040. The molecule has 5 nitrogen and oxygen atoms in total. The van der Waals surface area contributed by atoms with Gasteiger partial charge in [0.15, 0.2) is 0 Å². The van der Waals surface area contributed by atoms with E-state index in [4.69, 9.17) is 0 Å². The number of esters is 1. The van der Waals surface area contributed by atoms with Crippen molar-refractivity contribution in [3.05, 3.63) is 77.0 Å². The van der Waals surface area contributed by atoms with Crippen LogP contribution in [-0.4, -0.2) is 35.8 Å². The van der Waals surface area contributed by atoms with Crippen LogP contribution in [0.2, 0.25) is 0 Å². The number of methoxy groups -OCH3 is 1. The summed E-state index contributed by atoms with van der Waals surface area (Å²) >= 11 is 0. The standard InChI is InChI=1S/C24H26N2O3/c1-29-24(28)11-7-16-6-9-21-17(12-16)8-10-23(21)26-19(15-27)13-18-14-25-22-5-3-2-4-20(18)22/h2-7,9,11-12,14,19,23,25-27H,8,10,13,15H2,1H3/b11-7+/t19-,23+/m0/s1. The predicted molar refractivity (Wildman–Crippen MR) is 115 cm³/mol. The van der Waals surface area contributed by atoms with Crippen LogP contribution in [0.5, 0.6) is 0 Å². The fourth-order valence-electron chi connectivity index (χ4n) is 4.17. The number of aliphatic hydroxyl groups excluding tert-OH is 1. The molecule has 1 heterocycles. The van der Waals surface area contributed by atoms with Gasteiger partial charge >= 0.3 is 5.97 Å². The minimum absolute atomic E-state index is 0.0101. The van der Waals surface area contributed by atoms with E-state index in [0.29, 0.717) is 0 Å². The summed E-state index contributed by atoms with van der Waals surface area (Å²) in [6.45, 7) is 0.0886. The van der Waals surface area contributed by atoms with Gasteiger partial charge in [-0.25, -0.2) is 4.79 Å². The van der Waals surface area contributed by atoms with Crippen molar-refractivity contribution in [2.45, 2.75) is 31.3 Å². The largest absolute Gasteiger partial charge is 0.466 e. The maximum absolute atomic E-state index is 11.3. The van der Waals surface area contributed by atoms with Gasteiger partial charge in [0.1, 0.15) is 0 Å². The highest BCUT2D eigenvalue weighted by Crippen LogP contribution is 2.33. The monoisotopic (exact) mass is 390 g/mol. The first-order valence-corrected chi connectivity index (χ1v) is 9.98. The van der Waals surface area contributed by atoms with Gasteiger partial charge in [0.2, 0.25) is 0 Å². The number of aliphatic hydroxyl groups is 1. The first kappa shape index (κ1) is 19.4. The Labute approximate surface area is 170 Å². The van der Waals surface area contributed by atoms with E-state index in [-0.39, 0.29) is 24.7 Å². The molecule has 1 aliphatic rings. The van der Waals surface area contributed by atoms with Gasteiger partial charge in [-0.2, -0.15) is 0 Å². The van der Waals surface area contributed by atoms with Crippen LogP contribution in [0.15, 0.2) is 54.7 Å². The molecule has 3 aromatic rings. The highest BCUT2D eigenvalue weighted by molar-refractivity contribution is 5.87. The number of aromatic amines is 1. The number of hydrogen-bond donors (Lipinski definition) is 3. The van der Waals surface area contributed by atoms with E-state index in [1.54, 1.807) is 6.08 Å². The van der Waals surface area contributed by atoms with E-state index in [9.17, 15) is 9.90 Å². The predicted octanol–water partition coefficient (Wildman–Crippen LogP) is 3.53. The van der Waals surface area contributed by atoms with Crippen molar-refractivity contribution >= 4 is 22.9 Å². The van der Waals surface area contributed by atoms with E-state index < -0.39 is 0 Å². The van der Waals surface area contributed by atoms with E-state index >= 15 is 0 Å². The van der Waals surface area contributed by atoms with Gasteiger partial charge in [0.25, 0.3) is 0 Å². The van der Waals surface area contributed by atoms with Crippen LogP contribution < -0.4 is 5.32 Å². The van der Waals surface area contributed by atoms with Crippen molar-refractivity contribution in [1.29, 1.82) is 0 Å². The summed E-state index contributed by atoms with van der Waals surface area (Å²) in [6.07, 6.45) is 8.02. The first-order valence-electron chi connectivity index (χ1n) is 9.98. The minimum atomic E-state index is -0.354. The molecule has 1 aliphatic carbocycles. The molecule has 0 aliphatic heterocycles. The fraction of sp³-hybridized carbons (Fsp3) is 0.292. The molecule has 0 saturated heterocycles. The molecule has 5 heteroatoms. The Morgan fingerprint density at radius 3 is 3.03 bits per heavy atom. The normalized spacial score (nSPS) is 17.0. The lowest BCUT2D eigenvalue weighted by atomic mass is 10.0. The molecule has 0 amide bonds. The molecular formula is C24H26N2O3. The number of carbonyl (C=O) groups is 1. The summed E-state index contributed by atoms with van der Waals surface area (Å²) in [5.41, 5.74) is 5.90. The molecule has 0 bridgehead atoms. The molecule has 0 unspecified atom stereocenters. The maximum atomic E-state index is 11.3. The third-order valence-electron chi connectivity index (χ3n) is 5.66. The number of aryl methyl sites for hydroxylation is 1. The van der Waals surface area contributed by atoms with Crippen molar-refractivity contribution in [2.75, 3.05) is 13.7 Å². The number of benzene rings is 2. The lowest BCUT2D eigenvalue weighted by Crippen LogP contribution is -2.36. The van der Waals surface area contributed by atoms with Gasteiger partial charge in [0.05, 0.1) is 13.7 Å². The van der Waals surface area contributed by atoms with Gasteiger partial charge in [-0.1, -0.05) is 36.4 Å². The SMILES string of the molecule is COC(=O)/C=C/c1ccc2c(c1)CC[C@H]2N[C@H](CO)Cc1c[nH]c2ccccc12. The Balaban J connectivity index is 1.46. The van der Waals surface area contributed by atoms with Crippen molar-refractivity contribution in [3.63, 3.8) is 0 Å². The average Bonchev–Trinajstić information content (AvgIpc) is 3.35. The van der Waals surface area contributed by atoms with Crippen LogP contribution in [0.3, 0.4) is 0 Å². The molecule has 3 N–H and O–H groups in total. The second-order valence-corrected chi connectivity index (χ2v) is 7.52. The Kier molecular flexibility index (Phi) is 5.79. The number of rotatable bonds is 7. The molecule has 4 rings (SSSR count). The molecule has 0 fully saturated rings. The van der Waals surface area contributed by atoms with Gasteiger partial charge < -0.3 is 20.1 Å². The third kappa shape index (κ3) is 4.26. The number of carbonyl (C=O) groups excluding carboxylic acids is 1. The first-order chi connectivity index (χ1) is 14.2. The molecule has 2 atom stereocenters. The van der Waals surface area contributed by atoms with Crippen LogP contribution in [0.25, 0.3) is 17.0 Å². The molecular weight excluding hydrogens is 364 g/mol. The second kappa shape index (κ2) is 8.64. The van der Waals surface area contributed by atoms with Gasteiger partial charge in [0, 0.05) is 35.3 Å². The summed E-state index contributed by atoms with van der Waals surface area (Å²) in [4.78, 5) is 14.6. The van der Waals surface area contributed by atoms with Crippen LogP contribution in [-0.2, 0) is 22.4 Å². The lowest BCUT2D eigenvalue weighted by molar-refractivity contribution is -0.134. The van der Waals surface area contributed by atoms with Crippen LogP contribution in [0.4, 0.5) is 0 Å².